The van der Waals surface area contributed by atoms with E-state index in [-0.39, 0.29) is 5.82 Å². The van der Waals surface area contributed by atoms with Crippen molar-refractivity contribution in [2.45, 2.75) is 50.2 Å². The first-order chi connectivity index (χ1) is 9.19. The normalized spacial score (nSPS) is 30.5. The molecule has 104 valence electrons. The SMILES string of the molecule is CNC1CC2CCCC(C1)N2c1cc(Cl)ccc1F. The maximum Gasteiger partial charge on any atom is 0.146 e. The molecule has 2 heterocycles. The summed E-state index contributed by atoms with van der Waals surface area (Å²) in [6.45, 7) is 0. The van der Waals surface area contributed by atoms with Gasteiger partial charge in [-0.05, 0) is 57.4 Å². The predicted molar refractivity (Wildman–Crippen MR) is 77.4 cm³/mol. The molecule has 0 radical (unpaired) electrons. The fourth-order valence-corrected chi connectivity index (χ4v) is 3.86. The molecule has 3 rings (SSSR count). The summed E-state index contributed by atoms with van der Waals surface area (Å²) in [7, 11) is 2.02. The van der Waals surface area contributed by atoms with E-state index >= 15 is 0 Å². The molecule has 2 nitrogen and oxygen atoms in total. The van der Waals surface area contributed by atoms with Crippen molar-refractivity contribution in [3.8, 4) is 0 Å². The van der Waals surface area contributed by atoms with Crippen LogP contribution in [0.3, 0.4) is 0 Å². The van der Waals surface area contributed by atoms with Crippen LogP contribution in [0.2, 0.25) is 5.02 Å². The van der Waals surface area contributed by atoms with E-state index in [0.29, 0.717) is 28.8 Å². The number of halogens is 2. The van der Waals surface area contributed by atoms with Crippen molar-refractivity contribution in [2.75, 3.05) is 11.9 Å². The zero-order valence-electron chi connectivity index (χ0n) is 11.2. The Kier molecular flexibility index (Phi) is 3.68. The molecule has 4 heteroatoms. The van der Waals surface area contributed by atoms with Crippen LogP contribution < -0.4 is 10.2 Å². The molecule has 0 spiro atoms. The van der Waals surface area contributed by atoms with Crippen molar-refractivity contribution in [1.82, 2.24) is 5.32 Å². The van der Waals surface area contributed by atoms with Gasteiger partial charge >= 0.3 is 0 Å². The molecule has 0 aliphatic carbocycles. The van der Waals surface area contributed by atoms with Crippen molar-refractivity contribution in [3.05, 3.63) is 29.0 Å². The van der Waals surface area contributed by atoms with Crippen LogP contribution in [0.1, 0.15) is 32.1 Å². The number of hydrogen-bond acceptors (Lipinski definition) is 2. The Hall–Kier alpha value is -0.800. The van der Waals surface area contributed by atoms with Gasteiger partial charge in [0, 0.05) is 23.1 Å². The van der Waals surface area contributed by atoms with Crippen LogP contribution in [0.5, 0.6) is 0 Å². The van der Waals surface area contributed by atoms with Crippen LogP contribution in [0.15, 0.2) is 18.2 Å². The van der Waals surface area contributed by atoms with E-state index in [1.807, 2.05) is 7.05 Å². The van der Waals surface area contributed by atoms with Gasteiger partial charge in [0.25, 0.3) is 0 Å². The Morgan fingerprint density at radius 2 is 1.95 bits per heavy atom. The summed E-state index contributed by atoms with van der Waals surface area (Å²) >= 11 is 6.04. The second kappa shape index (κ2) is 5.29. The zero-order valence-corrected chi connectivity index (χ0v) is 12.0. The van der Waals surface area contributed by atoms with Gasteiger partial charge in [-0.15, -0.1) is 0 Å². The number of nitrogens with one attached hydrogen (secondary N) is 1. The van der Waals surface area contributed by atoms with E-state index < -0.39 is 0 Å². The van der Waals surface area contributed by atoms with E-state index in [0.717, 1.165) is 25.7 Å². The molecule has 1 N–H and O–H groups in total. The van der Waals surface area contributed by atoms with Crippen molar-refractivity contribution in [2.24, 2.45) is 0 Å². The molecular weight excluding hydrogens is 263 g/mol. The molecule has 1 aromatic rings. The molecule has 2 atom stereocenters. The highest BCUT2D eigenvalue weighted by Gasteiger charge is 2.38. The molecule has 0 amide bonds. The maximum absolute atomic E-state index is 14.1. The highest BCUT2D eigenvalue weighted by atomic mass is 35.5. The number of fused-ring (bicyclic) bond motifs is 2. The van der Waals surface area contributed by atoms with Gasteiger partial charge in [-0.1, -0.05) is 11.6 Å². The lowest BCUT2D eigenvalue weighted by Crippen LogP contribution is -2.56. The van der Waals surface area contributed by atoms with E-state index in [1.165, 1.54) is 12.5 Å². The van der Waals surface area contributed by atoms with Gasteiger partial charge in [-0.25, -0.2) is 4.39 Å². The Bertz CT molecular complexity index is 451. The number of benzene rings is 1. The largest absolute Gasteiger partial charge is 0.363 e. The van der Waals surface area contributed by atoms with E-state index in [4.69, 9.17) is 11.6 Å². The van der Waals surface area contributed by atoms with Crippen LogP contribution >= 0.6 is 11.6 Å². The standard InChI is InChI=1S/C15H20ClFN2/c1-18-11-8-12-3-2-4-13(9-11)19(12)15-7-10(16)5-6-14(15)17/h5-7,11-13,18H,2-4,8-9H2,1H3. The van der Waals surface area contributed by atoms with Crippen molar-refractivity contribution < 1.29 is 4.39 Å². The van der Waals surface area contributed by atoms with E-state index in [1.54, 1.807) is 12.1 Å². The zero-order chi connectivity index (χ0) is 13.4. The minimum absolute atomic E-state index is 0.149. The average Bonchev–Trinajstić information content (AvgIpc) is 2.40. The van der Waals surface area contributed by atoms with E-state index in [2.05, 4.69) is 10.2 Å². The third-order valence-corrected chi connectivity index (χ3v) is 4.80. The second-order valence-corrected chi connectivity index (χ2v) is 6.13. The molecule has 2 aliphatic heterocycles. The summed E-state index contributed by atoms with van der Waals surface area (Å²) in [5, 5.41) is 4.00. The van der Waals surface area contributed by atoms with Crippen LogP contribution in [-0.4, -0.2) is 25.2 Å². The third kappa shape index (κ3) is 2.46. The van der Waals surface area contributed by atoms with Gasteiger partial charge in [-0.2, -0.15) is 0 Å². The maximum atomic E-state index is 14.1. The number of piperidine rings is 2. The van der Waals surface area contributed by atoms with Crippen LogP contribution in [0.25, 0.3) is 0 Å². The molecular formula is C15H20ClFN2. The molecule has 2 bridgehead atoms. The molecule has 2 fully saturated rings. The number of anilines is 1. The molecule has 0 aromatic heterocycles. The summed E-state index contributed by atoms with van der Waals surface area (Å²) < 4.78 is 14.1. The van der Waals surface area contributed by atoms with Crippen molar-refractivity contribution >= 4 is 17.3 Å². The van der Waals surface area contributed by atoms with Gasteiger partial charge < -0.3 is 10.2 Å². The van der Waals surface area contributed by atoms with Gasteiger partial charge in [-0.3, -0.25) is 0 Å². The molecule has 2 unspecified atom stereocenters. The number of hydrogen-bond donors (Lipinski definition) is 1. The highest BCUT2D eigenvalue weighted by Crippen LogP contribution is 2.39. The average molecular weight is 283 g/mol. The van der Waals surface area contributed by atoms with Gasteiger partial charge in [0.15, 0.2) is 0 Å². The predicted octanol–water partition coefficient (Wildman–Crippen LogP) is 3.59. The molecule has 1 aromatic carbocycles. The van der Waals surface area contributed by atoms with Gasteiger partial charge in [0.2, 0.25) is 0 Å². The van der Waals surface area contributed by atoms with Crippen LogP contribution in [-0.2, 0) is 0 Å². The number of rotatable bonds is 2. The fraction of sp³-hybridized carbons (Fsp3) is 0.600. The second-order valence-electron chi connectivity index (χ2n) is 5.70. The fourth-order valence-electron chi connectivity index (χ4n) is 3.69. The first kappa shape index (κ1) is 13.2. The first-order valence-electron chi connectivity index (χ1n) is 7.09. The lowest BCUT2D eigenvalue weighted by molar-refractivity contribution is 0.250. The smallest absolute Gasteiger partial charge is 0.146 e. The monoisotopic (exact) mass is 282 g/mol. The first-order valence-corrected chi connectivity index (χ1v) is 7.47. The minimum Gasteiger partial charge on any atom is -0.363 e. The Balaban J connectivity index is 1.93. The summed E-state index contributed by atoms with van der Waals surface area (Å²) in [4.78, 5) is 2.29. The summed E-state index contributed by atoms with van der Waals surface area (Å²) in [5.74, 6) is -0.149. The number of nitrogens with zero attached hydrogens (tertiary/aromatic N) is 1. The third-order valence-electron chi connectivity index (χ3n) is 4.57. The molecule has 2 aliphatic rings. The minimum atomic E-state index is -0.149. The van der Waals surface area contributed by atoms with Crippen LogP contribution in [0.4, 0.5) is 10.1 Å². The van der Waals surface area contributed by atoms with Crippen LogP contribution in [0, 0.1) is 5.82 Å². The summed E-state index contributed by atoms with van der Waals surface area (Å²) in [6.07, 6.45) is 5.75. The summed E-state index contributed by atoms with van der Waals surface area (Å²) in [5.41, 5.74) is 0.691. The highest BCUT2D eigenvalue weighted by molar-refractivity contribution is 6.30. The topological polar surface area (TPSA) is 15.3 Å². The Morgan fingerprint density at radius 1 is 1.26 bits per heavy atom. The van der Waals surface area contributed by atoms with Gasteiger partial charge in [0.05, 0.1) is 5.69 Å². The van der Waals surface area contributed by atoms with Gasteiger partial charge in [0.1, 0.15) is 5.82 Å². The van der Waals surface area contributed by atoms with Crippen molar-refractivity contribution in [3.63, 3.8) is 0 Å². The molecule has 19 heavy (non-hydrogen) atoms. The van der Waals surface area contributed by atoms with E-state index in [9.17, 15) is 4.39 Å². The summed E-state index contributed by atoms with van der Waals surface area (Å²) in [6, 6.07) is 6.33. The lowest BCUT2D eigenvalue weighted by Gasteiger charge is -2.50. The Labute approximate surface area is 118 Å². The quantitative estimate of drug-likeness (QED) is 0.892. The van der Waals surface area contributed by atoms with Crippen molar-refractivity contribution in [1.29, 1.82) is 0 Å². The molecule has 2 saturated heterocycles. The lowest BCUT2D eigenvalue weighted by atomic mass is 9.81. The molecule has 0 saturated carbocycles. The Morgan fingerprint density at radius 3 is 2.58 bits per heavy atom.